The number of carbonyl (C=O) groups excluding carboxylic acids is 1. The van der Waals surface area contributed by atoms with Crippen molar-refractivity contribution < 1.29 is 14.3 Å². The summed E-state index contributed by atoms with van der Waals surface area (Å²) in [6.45, 7) is 0. The van der Waals surface area contributed by atoms with Crippen LogP contribution in [0.1, 0.15) is 10.5 Å². The van der Waals surface area contributed by atoms with Gasteiger partial charge in [-0.05, 0) is 30.3 Å². The molecular formula is C20H16N4O3S. The molecule has 2 aromatic carbocycles. The van der Waals surface area contributed by atoms with Crippen molar-refractivity contribution in [2.24, 2.45) is 0 Å². The predicted molar refractivity (Wildman–Crippen MR) is 108 cm³/mol. The fraction of sp³-hybridized carbons (Fsp3) is 0.100. The molecule has 2 aromatic heterocycles. The number of hydrogen-bond donors (Lipinski definition) is 1. The van der Waals surface area contributed by atoms with E-state index in [1.54, 1.807) is 14.2 Å². The van der Waals surface area contributed by atoms with Crippen LogP contribution >= 0.6 is 11.3 Å². The molecule has 1 N–H and O–H groups in total. The summed E-state index contributed by atoms with van der Waals surface area (Å²) in [5, 5.41) is 5.11. The summed E-state index contributed by atoms with van der Waals surface area (Å²) in [5.41, 5.74) is 3.23. The molecule has 1 amide bonds. The average molecular weight is 392 g/mol. The number of anilines is 1. The van der Waals surface area contributed by atoms with Gasteiger partial charge < -0.3 is 9.47 Å². The van der Waals surface area contributed by atoms with Gasteiger partial charge >= 0.3 is 0 Å². The maximum absolute atomic E-state index is 12.5. The highest BCUT2D eigenvalue weighted by molar-refractivity contribution is 7.14. The van der Waals surface area contributed by atoms with Gasteiger partial charge in [-0.2, -0.15) is 0 Å². The SMILES string of the molecule is COc1ccc(-c2csc(NC(=O)c3cnc4ccccc4n3)n2)cc1OC. The summed E-state index contributed by atoms with van der Waals surface area (Å²) in [7, 11) is 3.17. The molecule has 8 heteroatoms. The number of ether oxygens (including phenoxy) is 2. The smallest absolute Gasteiger partial charge is 0.277 e. The Hall–Kier alpha value is -3.52. The molecule has 4 aromatic rings. The van der Waals surface area contributed by atoms with Crippen molar-refractivity contribution >= 4 is 33.4 Å². The lowest BCUT2D eigenvalue weighted by molar-refractivity contribution is 0.102. The number of thiazole rings is 1. The molecule has 28 heavy (non-hydrogen) atoms. The van der Waals surface area contributed by atoms with Gasteiger partial charge in [0, 0.05) is 10.9 Å². The van der Waals surface area contributed by atoms with Crippen molar-refractivity contribution in [2.45, 2.75) is 0 Å². The molecule has 4 rings (SSSR count). The third-order valence-corrected chi connectivity index (χ3v) is 4.84. The van der Waals surface area contributed by atoms with Crippen molar-refractivity contribution in [2.75, 3.05) is 19.5 Å². The second-order valence-electron chi connectivity index (χ2n) is 5.81. The van der Waals surface area contributed by atoms with Crippen LogP contribution in [-0.2, 0) is 0 Å². The Bertz CT molecular complexity index is 1160. The van der Waals surface area contributed by atoms with Gasteiger partial charge in [-0.3, -0.25) is 15.1 Å². The van der Waals surface area contributed by atoms with Crippen LogP contribution in [-0.4, -0.2) is 35.1 Å². The van der Waals surface area contributed by atoms with Gasteiger partial charge in [0.1, 0.15) is 5.69 Å². The molecule has 0 aliphatic heterocycles. The van der Waals surface area contributed by atoms with Crippen molar-refractivity contribution in [3.8, 4) is 22.8 Å². The van der Waals surface area contributed by atoms with Crippen LogP contribution in [0.25, 0.3) is 22.3 Å². The topological polar surface area (TPSA) is 86.2 Å². The van der Waals surface area contributed by atoms with Crippen molar-refractivity contribution in [1.29, 1.82) is 0 Å². The summed E-state index contributed by atoms with van der Waals surface area (Å²) in [6, 6.07) is 12.9. The zero-order valence-electron chi connectivity index (χ0n) is 15.2. The zero-order chi connectivity index (χ0) is 19.5. The number of carbonyl (C=O) groups is 1. The van der Waals surface area contributed by atoms with Crippen LogP contribution in [0.3, 0.4) is 0 Å². The van der Waals surface area contributed by atoms with Gasteiger partial charge in [-0.15, -0.1) is 11.3 Å². The van der Waals surface area contributed by atoms with Crippen LogP contribution < -0.4 is 14.8 Å². The summed E-state index contributed by atoms with van der Waals surface area (Å²) >= 11 is 1.33. The molecule has 0 spiro atoms. The monoisotopic (exact) mass is 392 g/mol. The zero-order valence-corrected chi connectivity index (χ0v) is 16.0. The van der Waals surface area contributed by atoms with E-state index in [9.17, 15) is 4.79 Å². The number of fused-ring (bicyclic) bond motifs is 1. The molecule has 7 nitrogen and oxygen atoms in total. The minimum absolute atomic E-state index is 0.238. The quantitative estimate of drug-likeness (QED) is 0.552. The van der Waals surface area contributed by atoms with E-state index in [2.05, 4.69) is 20.3 Å². The van der Waals surface area contributed by atoms with E-state index in [0.29, 0.717) is 22.1 Å². The van der Waals surface area contributed by atoms with E-state index in [1.165, 1.54) is 17.5 Å². The Morgan fingerprint density at radius 1 is 1.00 bits per heavy atom. The van der Waals surface area contributed by atoms with E-state index >= 15 is 0 Å². The number of benzene rings is 2. The number of hydrogen-bond acceptors (Lipinski definition) is 7. The van der Waals surface area contributed by atoms with Crippen LogP contribution in [0.2, 0.25) is 0 Å². The van der Waals surface area contributed by atoms with Crippen molar-refractivity contribution in [1.82, 2.24) is 15.0 Å². The number of rotatable bonds is 5. The molecule has 2 heterocycles. The Kier molecular flexibility index (Phi) is 4.86. The highest BCUT2D eigenvalue weighted by Crippen LogP contribution is 2.33. The third-order valence-electron chi connectivity index (χ3n) is 4.09. The number of methoxy groups -OCH3 is 2. The summed E-state index contributed by atoms with van der Waals surface area (Å²) in [5.74, 6) is 0.904. The second-order valence-corrected chi connectivity index (χ2v) is 6.66. The van der Waals surface area contributed by atoms with Crippen LogP contribution in [0.15, 0.2) is 54.0 Å². The molecule has 0 bridgehead atoms. The largest absolute Gasteiger partial charge is 0.493 e. The highest BCUT2D eigenvalue weighted by atomic mass is 32.1. The maximum Gasteiger partial charge on any atom is 0.277 e. The van der Waals surface area contributed by atoms with Crippen LogP contribution in [0.4, 0.5) is 5.13 Å². The Labute approximate surface area is 165 Å². The standard InChI is InChI=1S/C20H16N4O3S/c1-26-17-8-7-12(9-18(17)27-2)16-11-28-20(23-16)24-19(25)15-10-21-13-5-3-4-6-14(13)22-15/h3-11H,1-2H3,(H,23,24,25). The molecule has 0 saturated heterocycles. The van der Waals surface area contributed by atoms with Crippen molar-refractivity contribution in [3.63, 3.8) is 0 Å². The second kappa shape index (κ2) is 7.61. The van der Waals surface area contributed by atoms with E-state index in [4.69, 9.17) is 9.47 Å². The fourth-order valence-electron chi connectivity index (χ4n) is 2.69. The van der Waals surface area contributed by atoms with Gasteiger partial charge in [0.05, 0.1) is 37.1 Å². The Morgan fingerprint density at radius 2 is 1.79 bits per heavy atom. The third kappa shape index (κ3) is 3.49. The van der Waals surface area contributed by atoms with Crippen LogP contribution in [0, 0.1) is 0 Å². The average Bonchev–Trinajstić information content (AvgIpc) is 3.21. The van der Waals surface area contributed by atoms with Crippen molar-refractivity contribution in [3.05, 3.63) is 59.7 Å². The van der Waals surface area contributed by atoms with Gasteiger partial charge in [-0.1, -0.05) is 12.1 Å². The normalized spacial score (nSPS) is 10.6. The van der Waals surface area contributed by atoms with Crippen LogP contribution in [0.5, 0.6) is 11.5 Å². The van der Waals surface area contributed by atoms with Gasteiger partial charge in [0.15, 0.2) is 16.6 Å². The first kappa shape index (κ1) is 17.9. The lowest BCUT2D eigenvalue weighted by atomic mass is 10.1. The molecule has 140 valence electrons. The fourth-order valence-corrected chi connectivity index (χ4v) is 3.40. The Balaban J connectivity index is 1.55. The first-order chi connectivity index (χ1) is 13.7. The maximum atomic E-state index is 12.5. The number of aromatic nitrogens is 3. The van der Waals surface area contributed by atoms with Gasteiger partial charge in [0.25, 0.3) is 5.91 Å². The first-order valence-corrected chi connectivity index (χ1v) is 9.27. The van der Waals surface area contributed by atoms with E-state index < -0.39 is 0 Å². The number of para-hydroxylation sites is 2. The molecule has 0 aliphatic rings. The predicted octanol–water partition coefficient (Wildman–Crippen LogP) is 4.02. The number of nitrogens with zero attached hydrogens (tertiary/aromatic N) is 3. The minimum Gasteiger partial charge on any atom is -0.493 e. The number of nitrogens with one attached hydrogen (secondary N) is 1. The van der Waals surface area contributed by atoms with E-state index in [1.807, 2.05) is 47.8 Å². The summed E-state index contributed by atoms with van der Waals surface area (Å²) in [4.78, 5) is 25.6. The van der Waals surface area contributed by atoms with E-state index in [-0.39, 0.29) is 11.6 Å². The summed E-state index contributed by atoms with van der Waals surface area (Å²) < 4.78 is 10.6. The molecule has 0 atom stereocenters. The van der Waals surface area contributed by atoms with E-state index in [0.717, 1.165) is 16.8 Å². The number of amides is 1. The Morgan fingerprint density at radius 3 is 2.57 bits per heavy atom. The lowest BCUT2D eigenvalue weighted by Gasteiger charge is -2.08. The molecule has 0 fully saturated rings. The lowest BCUT2D eigenvalue weighted by Crippen LogP contribution is -2.14. The molecule has 0 saturated carbocycles. The minimum atomic E-state index is -0.355. The molecule has 0 radical (unpaired) electrons. The summed E-state index contributed by atoms with van der Waals surface area (Å²) in [6.07, 6.45) is 1.46. The first-order valence-electron chi connectivity index (χ1n) is 8.39. The molecular weight excluding hydrogens is 376 g/mol. The van der Waals surface area contributed by atoms with Gasteiger partial charge in [0.2, 0.25) is 0 Å². The highest BCUT2D eigenvalue weighted by Gasteiger charge is 2.13. The molecule has 0 unspecified atom stereocenters. The van der Waals surface area contributed by atoms with Gasteiger partial charge in [-0.25, -0.2) is 9.97 Å². The molecule has 0 aliphatic carbocycles.